The lowest BCUT2D eigenvalue weighted by Crippen LogP contribution is -2.03. The van der Waals surface area contributed by atoms with Crippen molar-refractivity contribution in [3.05, 3.63) is 144 Å². The zero-order chi connectivity index (χ0) is 34.3. The SMILES string of the molecule is C=CC(=O)OCCSc1ccc(C#Cc2ccc(-c3ccc(C#Cc4ccc(SCCOC(=O)C=C)cc4)cc3C(C)C)c(C)c2)cc1. The summed E-state index contributed by atoms with van der Waals surface area (Å²) in [6.45, 7) is 14.0. The smallest absolute Gasteiger partial charge is 0.330 e. The second-order valence-electron chi connectivity index (χ2n) is 11.0. The van der Waals surface area contributed by atoms with Gasteiger partial charge in [-0.2, -0.15) is 0 Å². The quantitative estimate of drug-likeness (QED) is 0.0493. The van der Waals surface area contributed by atoms with Crippen LogP contribution in [-0.2, 0) is 19.1 Å². The molecule has 242 valence electrons. The molecule has 0 saturated heterocycles. The van der Waals surface area contributed by atoms with Gasteiger partial charge in [0, 0.05) is 55.7 Å². The van der Waals surface area contributed by atoms with E-state index in [2.05, 4.69) is 94.0 Å². The van der Waals surface area contributed by atoms with Crippen molar-refractivity contribution in [1.29, 1.82) is 0 Å². The number of ether oxygens (including phenoxy) is 2. The average Bonchev–Trinajstić information content (AvgIpc) is 3.10. The topological polar surface area (TPSA) is 52.6 Å². The maximum Gasteiger partial charge on any atom is 0.330 e. The van der Waals surface area contributed by atoms with Crippen LogP contribution in [0.4, 0.5) is 0 Å². The maximum absolute atomic E-state index is 11.2. The summed E-state index contributed by atoms with van der Waals surface area (Å²) < 4.78 is 10.1. The molecule has 0 amide bonds. The van der Waals surface area contributed by atoms with Crippen LogP contribution in [0.3, 0.4) is 0 Å². The highest BCUT2D eigenvalue weighted by molar-refractivity contribution is 7.99. The molecule has 0 aliphatic rings. The number of benzene rings is 4. The van der Waals surface area contributed by atoms with E-state index in [9.17, 15) is 9.59 Å². The van der Waals surface area contributed by atoms with Gasteiger partial charge in [0.2, 0.25) is 0 Å². The van der Waals surface area contributed by atoms with Crippen LogP contribution in [-0.4, -0.2) is 36.7 Å². The molecule has 4 aromatic rings. The number of thioether (sulfide) groups is 2. The minimum Gasteiger partial charge on any atom is -0.462 e. The molecule has 48 heavy (non-hydrogen) atoms. The van der Waals surface area contributed by atoms with Gasteiger partial charge in [0.05, 0.1) is 0 Å². The van der Waals surface area contributed by atoms with Gasteiger partial charge in [-0.15, -0.1) is 23.5 Å². The van der Waals surface area contributed by atoms with Crippen molar-refractivity contribution in [2.75, 3.05) is 24.7 Å². The zero-order valence-electron chi connectivity index (χ0n) is 27.5. The van der Waals surface area contributed by atoms with Crippen LogP contribution >= 0.6 is 23.5 Å². The Kier molecular flexibility index (Phi) is 13.8. The first-order valence-electron chi connectivity index (χ1n) is 15.6. The third-order valence-corrected chi connectivity index (χ3v) is 9.08. The predicted octanol–water partition coefficient (Wildman–Crippen LogP) is 9.23. The molecule has 4 aromatic carbocycles. The van der Waals surface area contributed by atoms with E-state index in [0.717, 1.165) is 32.0 Å². The van der Waals surface area contributed by atoms with Crippen molar-refractivity contribution in [1.82, 2.24) is 0 Å². The van der Waals surface area contributed by atoms with Gasteiger partial charge in [0.1, 0.15) is 13.2 Å². The van der Waals surface area contributed by atoms with Gasteiger partial charge < -0.3 is 9.47 Å². The van der Waals surface area contributed by atoms with Gasteiger partial charge >= 0.3 is 11.9 Å². The average molecular weight is 671 g/mol. The Morgan fingerprint density at radius 3 is 1.50 bits per heavy atom. The molecule has 0 aromatic heterocycles. The fourth-order valence-corrected chi connectivity index (χ4v) is 6.15. The van der Waals surface area contributed by atoms with E-state index in [1.807, 2.05) is 48.5 Å². The zero-order valence-corrected chi connectivity index (χ0v) is 29.1. The van der Waals surface area contributed by atoms with E-state index in [1.54, 1.807) is 23.5 Å². The van der Waals surface area contributed by atoms with Gasteiger partial charge in [0.25, 0.3) is 0 Å². The predicted molar refractivity (Wildman–Crippen MR) is 199 cm³/mol. The molecule has 0 N–H and O–H groups in total. The normalized spacial score (nSPS) is 10.2. The molecule has 4 nitrogen and oxygen atoms in total. The number of hydrogen-bond donors (Lipinski definition) is 0. The molecule has 0 aliphatic heterocycles. The highest BCUT2D eigenvalue weighted by Crippen LogP contribution is 2.32. The lowest BCUT2D eigenvalue weighted by molar-refractivity contribution is -0.138. The van der Waals surface area contributed by atoms with E-state index in [4.69, 9.17) is 9.47 Å². The van der Waals surface area contributed by atoms with Crippen LogP contribution in [0.15, 0.2) is 120 Å². The molecule has 4 rings (SSSR count). The molecule has 0 spiro atoms. The first-order valence-corrected chi connectivity index (χ1v) is 17.6. The van der Waals surface area contributed by atoms with Gasteiger partial charge in [-0.1, -0.05) is 62.8 Å². The second kappa shape index (κ2) is 18.5. The first-order chi connectivity index (χ1) is 23.2. The third-order valence-electron chi connectivity index (χ3n) is 7.13. The van der Waals surface area contributed by atoms with E-state index in [1.165, 1.54) is 34.4 Å². The third kappa shape index (κ3) is 11.1. The van der Waals surface area contributed by atoms with Crippen LogP contribution in [0.2, 0.25) is 0 Å². The maximum atomic E-state index is 11.2. The van der Waals surface area contributed by atoms with Crippen molar-refractivity contribution in [2.24, 2.45) is 0 Å². The molecule has 6 heteroatoms. The summed E-state index contributed by atoms with van der Waals surface area (Å²) in [6, 6.07) is 29.0. The van der Waals surface area contributed by atoms with Crippen molar-refractivity contribution < 1.29 is 19.1 Å². The summed E-state index contributed by atoms with van der Waals surface area (Å²) in [5.41, 5.74) is 8.65. The number of rotatable bonds is 12. The Morgan fingerprint density at radius 1 is 0.646 bits per heavy atom. The van der Waals surface area contributed by atoms with Crippen LogP contribution in [0, 0.1) is 30.6 Å². The summed E-state index contributed by atoms with van der Waals surface area (Å²) in [5, 5.41) is 0. The Hall–Kier alpha value is -4.88. The molecule has 0 heterocycles. The van der Waals surface area contributed by atoms with Gasteiger partial charge in [-0.05, 0) is 108 Å². The Morgan fingerprint density at radius 2 is 1.06 bits per heavy atom. The summed E-state index contributed by atoms with van der Waals surface area (Å²) in [5.74, 6) is 14.1. The fraction of sp³-hybridized carbons (Fsp3) is 0.190. The lowest BCUT2D eigenvalue weighted by atomic mass is 9.88. The largest absolute Gasteiger partial charge is 0.462 e. The standard InChI is InChI=1S/C42H38O4S2/c1-6-41(43)45-24-26-47-36-18-12-32(13-19-36)8-10-34-16-22-38(31(5)28-34)39-23-17-35(29-40(39)30(3)4)11-9-33-14-20-37(21-15-33)48-27-25-46-42(44)7-2/h6-7,12-23,28-30H,1-2,24-27H2,3-5H3. The van der Waals surface area contributed by atoms with Crippen LogP contribution in [0.5, 0.6) is 0 Å². The molecule has 0 unspecified atom stereocenters. The molecule has 0 atom stereocenters. The van der Waals surface area contributed by atoms with Crippen molar-refractivity contribution in [2.45, 2.75) is 36.5 Å². The highest BCUT2D eigenvalue weighted by atomic mass is 32.2. The van der Waals surface area contributed by atoms with E-state index in [-0.39, 0.29) is 0 Å². The number of carbonyl (C=O) groups excluding carboxylic acids is 2. The highest BCUT2D eigenvalue weighted by Gasteiger charge is 2.12. The molecule has 0 bridgehead atoms. The first kappa shape index (κ1) is 36.0. The van der Waals surface area contributed by atoms with Gasteiger partial charge in [-0.25, -0.2) is 9.59 Å². The number of hydrogen-bond acceptors (Lipinski definition) is 6. The van der Waals surface area contributed by atoms with Gasteiger partial charge in [-0.3, -0.25) is 0 Å². The summed E-state index contributed by atoms with van der Waals surface area (Å²) in [6.07, 6.45) is 2.35. The summed E-state index contributed by atoms with van der Waals surface area (Å²) in [4.78, 5) is 24.5. The van der Waals surface area contributed by atoms with Crippen LogP contribution in [0.25, 0.3) is 11.1 Å². The van der Waals surface area contributed by atoms with Crippen molar-refractivity contribution in [3.8, 4) is 34.8 Å². The van der Waals surface area contributed by atoms with Crippen molar-refractivity contribution >= 4 is 35.5 Å². The number of carbonyl (C=O) groups is 2. The van der Waals surface area contributed by atoms with Crippen molar-refractivity contribution in [3.63, 3.8) is 0 Å². The second-order valence-corrected chi connectivity index (χ2v) is 13.3. The molecule has 0 fully saturated rings. The van der Waals surface area contributed by atoms with Crippen LogP contribution in [0.1, 0.15) is 53.1 Å². The molecular weight excluding hydrogens is 633 g/mol. The molecular formula is C42H38O4S2. The Labute approximate surface area is 293 Å². The minimum absolute atomic E-state index is 0.325. The minimum atomic E-state index is -0.400. The number of esters is 2. The summed E-state index contributed by atoms with van der Waals surface area (Å²) >= 11 is 3.25. The van der Waals surface area contributed by atoms with E-state index < -0.39 is 11.9 Å². The van der Waals surface area contributed by atoms with Gasteiger partial charge in [0.15, 0.2) is 0 Å². The van der Waals surface area contributed by atoms with E-state index >= 15 is 0 Å². The molecule has 0 aliphatic carbocycles. The Balaban J connectivity index is 1.40. The Bertz CT molecular complexity index is 1880. The molecule has 0 saturated carbocycles. The van der Waals surface area contributed by atoms with Crippen LogP contribution < -0.4 is 0 Å². The number of aryl methyl sites for hydroxylation is 1. The summed E-state index contributed by atoms with van der Waals surface area (Å²) in [7, 11) is 0. The monoisotopic (exact) mass is 670 g/mol. The molecule has 0 radical (unpaired) electrons. The van der Waals surface area contributed by atoms with E-state index in [0.29, 0.717) is 30.6 Å². The fourth-order valence-electron chi connectivity index (χ4n) is 4.69. The lowest BCUT2D eigenvalue weighted by Gasteiger charge is -2.16.